The lowest BCUT2D eigenvalue weighted by Gasteiger charge is -2.22. The first-order valence-corrected chi connectivity index (χ1v) is 14.7. The van der Waals surface area contributed by atoms with Crippen LogP contribution in [0, 0.1) is 0 Å². The van der Waals surface area contributed by atoms with Crippen LogP contribution in [0.3, 0.4) is 0 Å². The predicted octanol–water partition coefficient (Wildman–Crippen LogP) is 5.24. The van der Waals surface area contributed by atoms with Crippen LogP contribution in [0.2, 0.25) is 0 Å². The second kappa shape index (κ2) is 10.9. The molecule has 2 aliphatic rings. The minimum atomic E-state index is -3.87. The molecular formula is C25H36N4O4S2. The van der Waals surface area contributed by atoms with Gasteiger partial charge in [0.05, 0.1) is 14.8 Å². The van der Waals surface area contributed by atoms with Crippen LogP contribution in [0.25, 0.3) is 10.4 Å². The second-order valence-corrected chi connectivity index (χ2v) is 13.2. The Morgan fingerprint density at radius 1 is 1.17 bits per heavy atom. The molecule has 1 saturated heterocycles. The zero-order chi connectivity index (χ0) is 25.1. The van der Waals surface area contributed by atoms with Gasteiger partial charge in [0.2, 0.25) is 10.0 Å². The van der Waals surface area contributed by atoms with Gasteiger partial charge in [-0.2, -0.15) is 0 Å². The third-order valence-electron chi connectivity index (χ3n) is 6.28. The summed E-state index contributed by atoms with van der Waals surface area (Å²) in [6.07, 6.45) is 9.16. The third kappa shape index (κ3) is 7.03. The summed E-state index contributed by atoms with van der Waals surface area (Å²) < 4.78 is 34.9. The van der Waals surface area contributed by atoms with Crippen molar-refractivity contribution in [2.24, 2.45) is 0 Å². The summed E-state index contributed by atoms with van der Waals surface area (Å²) in [5.41, 5.74) is 0.285. The van der Waals surface area contributed by atoms with Crippen molar-refractivity contribution in [2.45, 2.75) is 88.1 Å². The molecule has 0 spiro atoms. The number of amides is 1. The molecular weight excluding hydrogens is 484 g/mol. The molecule has 1 saturated carbocycles. The highest BCUT2D eigenvalue weighted by molar-refractivity contribution is 7.89. The Morgan fingerprint density at radius 2 is 1.94 bits per heavy atom. The maximum absolute atomic E-state index is 13.4. The van der Waals surface area contributed by atoms with Gasteiger partial charge in [-0.05, 0) is 65.1 Å². The molecule has 4 rings (SSSR count). The van der Waals surface area contributed by atoms with E-state index in [2.05, 4.69) is 20.3 Å². The normalized spacial score (nSPS) is 19.6. The lowest BCUT2D eigenvalue weighted by molar-refractivity contribution is 0.151. The fourth-order valence-corrected chi connectivity index (χ4v) is 7.52. The van der Waals surface area contributed by atoms with Crippen molar-refractivity contribution in [1.82, 2.24) is 15.0 Å². The first-order valence-electron chi connectivity index (χ1n) is 12.4. The van der Waals surface area contributed by atoms with Crippen LogP contribution in [0.15, 0.2) is 29.3 Å². The summed E-state index contributed by atoms with van der Waals surface area (Å²) in [5, 5.41) is 7.03. The summed E-state index contributed by atoms with van der Waals surface area (Å²) in [7, 11) is -3.87. The zero-order valence-electron chi connectivity index (χ0n) is 20.7. The first kappa shape index (κ1) is 26.1. The van der Waals surface area contributed by atoms with Crippen molar-refractivity contribution < 1.29 is 17.9 Å². The van der Waals surface area contributed by atoms with E-state index in [0.717, 1.165) is 42.1 Å². The molecule has 10 heteroatoms. The van der Waals surface area contributed by atoms with Crippen molar-refractivity contribution in [3.63, 3.8) is 0 Å². The molecule has 8 nitrogen and oxygen atoms in total. The Bertz CT molecular complexity index is 1130. The van der Waals surface area contributed by atoms with Gasteiger partial charge in [0.25, 0.3) is 0 Å². The maximum atomic E-state index is 13.4. The molecule has 0 radical (unpaired) electrons. The standard InChI is InChI=1S/C25H36N4O4S2/c1-25(2,3)29-35(31,32)22-14-18(28-24(30)33-16-19-10-7-13-26-19)11-12-20(22)21-15-27-23(34-21)17-8-5-4-6-9-17/h11-12,14-15,17,19,26,29H,4-10,13,16H2,1-3H3,(H,28,30). The van der Waals surface area contributed by atoms with E-state index in [1.165, 1.54) is 25.3 Å². The van der Waals surface area contributed by atoms with E-state index >= 15 is 0 Å². The fourth-order valence-electron chi connectivity index (χ4n) is 4.66. The van der Waals surface area contributed by atoms with Crippen molar-refractivity contribution in [3.05, 3.63) is 29.4 Å². The van der Waals surface area contributed by atoms with E-state index in [1.807, 2.05) is 0 Å². The van der Waals surface area contributed by atoms with Crippen molar-refractivity contribution in [2.75, 3.05) is 18.5 Å². The Balaban J connectivity index is 1.59. The molecule has 1 aliphatic carbocycles. The Kier molecular flexibility index (Phi) is 8.15. The lowest BCUT2D eigenvalue weighted by Crippen LogP contribution is -2.40. The molecule has 2 heterocycles. The number of nitrogens with zero attached hydrogens (tertiary/aromatic N) is 1. The smallest absolute Gasteiger partial charge is 0.411 e. The SMILES string of the molecule is CC(C)(C)NS(=O)(=O)c1cc(NC(=O)OCC2CCCN2)ccc1-c1cnc(C2CCCCC2)s1. The minimum Gasteiger partial charge on any atom is -0.448 e. The number of sulfonamides is 1. The largest absolute Gasteiger partial charge is 0.448 e. The molecule has 35 heavy (non-hydrogen) atoms. The summed E-state index contributed by atoms with van der Waals surface area (Å²) in [5.74, 6) is 0.445. The van der Waals surface area contributed by atoms with E-state index in [1.54, 1.807) is 50.4 Å². The average molecular weight is 521 g/mol. The van der Waals surface area contributed by atoms with Crippen LogP contribution in [-0.4, -0.2) is 44.2 Å². The Morgan fingerprint density at radius 3 is 2.63 bits per heavy atom. The number of carbonyl (C=O) groups is 1. The van der Waals surface area contributed by atoms with E-state index in [-0.39, 0.29) is 17.5 Å². The van der Waals surface area contributed by atoms with Crippen LogP contribution in [-0.2, 0) is 14.8 Å². The van der Waals surface area contributed by atoms with Crippen LogP contribution in [0.5, 0.6) is 0 Å². The van der Waals surface area contributed by atoms with Gasteiger partial charge in [0.1, 0.15) is 6.61 Å². The number of aromatic nitrogens is 1. The zero-order valence-corrected chi connectivity index (χ0v) is 22.4. The van der Waals surface area contributed by atoms with Gasteiger partial charge in [-0.1, -0.05) is 25.3 Å². The topological polar surface area (TPSA) is 109 Å². The van der Waals surface area contributed by atoms with Crippen molar-refractivity contribution in [1.29, 1.82) is 0 Å². The minimum absolute atomic E-state index is 0.113. The Labute approximate surface area is 212 Å². The van der Waals surface area contributed by atoms with Gasteiger partial charge in [0.15, 0.2) is 0 Å². The average Bonchev–Trinajstić information content (AvgIpc) is 3.49. The van der Waals surface area contributed by atoms with Gasteiger partial charge >= 0.3 is 6.09 Å². The molecule has 3 N–H and O–H groups in total. The number of rotatable bonds is 7. The number of anilines is 1. The van der Waals surface area contributed by atoms with Crippen LogP contribution >= 0.6 is 11.3 Å². The van der Waals surface area contributed by atoms with E-state index in [4.69, 9.17) is 4.74 Å². The van der Waals surface area contributed by atoms with Crippen LogP contribution in [0.1, 0.15) is 76.6 Å². The number of ether oxygens (including phenoxy) is 1. The van der Waals surface area contributed by atoms with Crippen LogP contribution in [0.4, 0.5) is 10.5 Å². The number of hydrogen-bond donors (Lipinski definition) is 3. The number of benzene rings is 1. The predicted molar refractivity (Wildman–Crippen MR) is 139 cm³/mol. The summed E-state index contributed by atoms with van der Waals surface area (Å²) in [6.45, 7) is 6.61. The summed E-state index contributed by atoms with van der Waals surface area (Å²) in [6, 6.07) is 5.11. The summed E-state index contributed by atoms with van der Waals surface area (Å²) in [4.78, 5) is 17.9. The molecule has 192 valence electrons. The molecule has 1 aliphatic heterocycles. The first-order chi connectivity index (χ1) is 16.6. The highest BCUT2D eigenvalue weighted by atomic mass is 32.2. The fraction of sp³-hybridized carbons (Fsp3) is 0.600. The maximum Gasteiger partial charge on any atom is 0.411 e. The number of thiazole rings is 1. The highest BCUT2D eigenvalue weighted by Gasteiger charge is 2.27. The highest BCUT2D eigenvalue weighted by Crippen LogP contribution is 2.39. The van der Waals surface area contributed by atoms with Gasteiger partial charge in [-0.15, -0.1) is 11.3 Å². The number of hydrogen-bond acceptors (Lipinski definition) is 7. The number of nitrogens with one attached hydrogen (secondary N) is 3. The second-order valence-electron chi connectivity index (χ2n) is 10.5. The van der Waals surface area contributed by atoms with Gasteiger partial charge in [-0.25, -0.2) is 22.9 Å². The molecule has 1 unspecified atom stereocenters. The van der Waals surface area contributed by atoms with Crippen molar-refractivity contribution in [3.8, 4) is 10.4 Å². The monoisotopic (exact) mass is 520 g/mol. The van der Waals surface area contributed by atoms with E-state index in [0.29, 0.717) is 17.2 Å². The molecule has 2 fully saturated rings. The number of carbonyl (C=O) groups excluding carboxylic acids is 1. The Hall–Kier alpha value is -2.01. The molecule has 1 amide bonds. The van der Waals surface area contributed by atoms with Crippen LogP contribution < -0.4 is 15.4 Å². The quantitative estimate of drug-likeness (QED) is 0.461. The third-order valence-corrected chi connectivity index (χ3v) is 9.27. The van der Waals surface area contributed by atoms with Gasteiger partial charge in [-0.3, -0.25) is 5.32 Å². The molecule has 1 aromatic carbocycles. The molecule has 1 aromatic heterocycles. The van der Waals surface area contributed by atoms with Gasteiger partial charge < -0.3 is 10.1 Å². The summed E-state index contributed by atoms with van der Waals surface area (Å²) >= 11 is 1.56. The molecule has 1 atom stereocenters. The van der Waals surface area contributed by atoms with E-state index < -0.39 is 21.7 Å². The van der Waals surface area contributed by atoms with Crippen molar-refractivity contribution >= 4 is 33.1 Å². The molecule has 2 aromatic rings. The molecule has 0 bridgehead atoms. The van der Waals surface area contributed by atoms with Gasteiger partial charge in [0, 0.05) is 34.9 Å². The van der Waals surface area contributed by atoms with E-state index in [9.17, 15) is 13.2 Å². The lowest BCUT2D eigenvalue weighted by atomic mass is 9.90.